The second-order valence-electron chi connectivity index (χ2n) is 5.27. The zero-order valence-corrected chi connectivity index (χ0v) is 15.0. The zero-order valence-electron chi connectivity index (χ0n) is 13.5. The molecule has 0 unspecified atom stereocenters. The van der Waals surface area contributed by atoms with Crippen LogP contribution in [-0.2, 0) is 11.3 Å². The zero-order chi connectivity index (χ0) is 17.8. The molecule has 3 aromatic rings. The summed E-state index contributed by atoms with van der Waals surface area (Å²) >= 11 is 3.48. The third-order valence-electron chi connectivity index (χ3n) is 3.54. The summed E-state index contributed by atoms with van der Waals surface area (Å²) in [5.41, 5.74) is 6.96. The van der Waals surface area contributed by atoms with Gasteiger partial charge in [0.25, 0.3) is 0 Å². The minimum Gasteiger partial charge on any atom is -0.493 e. The van der Waals surface area contributed by atoms with Crippen LogP contribution in [0.2, 0.25) is 0 Å². The van der Waals surface area contributed by atoms with Crippen LogP contribution in [0.3, 0.4) is 0 Å². The number of hydrogen-bond donors (Lipinski definition) is 2. The van der Waals surface area contributed by atoms with Gasteiger partial charge in [-0.05, 0) is 42.0 Å². The van der Waals surface area contributed by atoms with Crippen LogP contribution in [0.1, 0.15) is 11.3 Å². The van der Waals surface area contributed by atoms with Gasteiger partial charge in [0.15, 0.2) is 11.3 Å². The molecule has 3 rings (SSSR count). The number of nitrogens with zero attached hydrogens (tertiary/aromatic N) is 1. The number of pyridine rings is 1. The molecule has 6 nitrogen and oxygen atoms in total. The Balaban J connectivity index is 1.67. The summed E-state index contributed by atoms with van der Waals surface area (Å²) in [7, 11) is 1.59. The molecule has 25 heavy (non-hydrogen) atoms. The van der Waals surface area contributed by atoms with E-state index in [1.165, 1.54) is 6.08 Å². The Morgan fingerprint density at radius 2 is 2.24 bits per heavy atom. The van der Waals surface area contributed by atoms with E-state index in [1.54, 1.807) is 31.5 Å². The number of amides is 1. The van der Waals surface area contributed by atoms with Crippen molar-refractivity contribution < 1.29 is 13.9 Å². The maximum Gasteiger partial charge on any atom is 0.244 e. The van der Waals surface area contributed by atoms with Crippen LogP contribution in [0.15, 0.2) is 51.5 Å². The monoisotopic (exact) mass is 401 g/mol. The molecular weight excluding hydrogens is 386 g/mol. The number of ether oxygens (including phenoxy) is 1. The number of methoxy groups -OCH3 is 1. The van der Waals surface area contributed by atoms with Gasteiger partial charge in [0.1, 0.15) is 11.6 Å². The van der Waals surface area contributed by atoms with Crippen LogP contribution in [0, 0.1) is 0 Å². The smallest absolute Gasteiger partial charge is 0.244 e. The minimum atomic E-state index is -0.233. The number of hydrogen-bond acceptors (Lipinski definition) is 5. The Labute approximate surface area is 152 Å². The van der Waals surface area contributed by atoms with Crippen molar-refractivity contribution in [3.63, 3.8) is 0 Å². The SMILES string of the molecule is COc1ccc(Br)c2cc(CNC(=O)C=Cc3ccc(N)nc3)oc12. The Bertz CT molecular complexity index is 933. The van der Waals surface area contributed by atoms with Gasteiger partial charge in [-0.25, -0.2) is 4.98 Å². The number of carbonyl (C=O) groups excluding carboxylic acids is 1. The van der Waals surface area contributed by atoms with Gasteiger partial charge in [-0.15, -0.1) is 0 Å². The number of benzene rings is 1. The average molecular weight is 402 g/mol. The Hall–Kier alpha value is -2.80. The topological polar surface area (TPSA) is 90.4 Å². The van der Waals surface area contributed by atoms with Crippen LogP contribution in [-0.4, -0.2) is 18.0 Å². The number of rotatable bonds is 5. The molecule has 0 bridgehead atoms. The summed E-state index contributed by atoms with van der Waals surface area (Å²) in [6.45, 7) is 0.271. The Morgan fingerprint density at radius 3 is 2.96 bits per heavy atom. The highest BCUT2D eigenvalue weighted by Gasteiger charge is 2.12. The largest absolute Gasteiger partial charge is 0.493 e. The maximum absolute atomic E-state index is 11.9. The number of anilines is 1. The van der Waals surface area contributed by atoms with Crippen LogP contribution >= 0.6 is 15.9 Å². The fourth-order valence-corrected chi connectivity index (χ4v) is 2.71. The van der Waals surface area contributed by atoms with Crippen molar-refractivity contribution in [3.05, 3.63) is 58.4 Å². The van der Waals surface area contributed by atoms with Crippen molar-refractivity contribution in [2.24, 2.45) is 0 Å². The molecule has 0 aliphatic heterocycles. The highest BCUT2D eigenvalue weighted by atomic mass is 79.9. The molecule has 0 aliphatic rings. The first-order valence-electron chi connectivity index (χ1n) is 7.49. The van der Waals surface area contributed by atoms with Crippen molar-refractivity contribution in [1.82, 2.24) is 10.3 Å². The van der Waals surface area contributed by atoms with Crippen LogP contribution in [0.5, 0.6) is 5.75 Å². The highest BCUT2D eigenvalue weighted by Crippen LogP contribution is 2.34. The number of fused-ring (bicyclic) bond motifs is 1. The van der Waals surface area contributed by atoms with E-state index in [-0.39, 0.29) is 12.5 Å². The van der Waals surface area contributed by atoms with Gasteiger partial charge >= 0.3 is 0 Å². The predicted molar refractivity (Wildman–Crippen MR) is 100.0 cm³/mol. The van der Waals surface area contributed by atoms with Gasteiger partial charge in [0.2, 0.25) is 5.91 Å². The van der Waals surface area contributed by atoms with Gasteiger partial charge in [0, 0.05) is 22.1 Å². The van der Waals surface area contributed by atoms with Crippen molar-refractivity contribution >= 4 is 44.7 Å². The molecule has 0 saturated carbocycles. The Kier molecular flexibility index (Phi) is 5.04. The summed E-state index contributed by atoms with van der Waals surface area (Å²) in [4.78, 5) is 15.9. The fourth-order valence-electron chi connectivity index (χ4n) is 2.29. The number of nitrogens with two attached hydrogens (primary N) is 1. The lowest BCUT2D eigenvalue weighted by molar-refractivity contribution is -0.116. The molecule has 0 radical (unpaired) electrons. The summed E-state index contributed by atoms with van der Waals surface area (Å²) < 4.78 is 12.0. The van der Waals surface area contributed by atoms with E-state index >= 15 is 0 Å². The van der Waals surface area contributed by atoms with Gasteiger partial charge < -0.3 is 20.2 Å². The molecule has 128 valence electrons. The van der Waals surface area contributed by atoms with Crippen molar-refractivity contribution in [1.29, 1.82) is 0 Å². The number of halogens is 1. The van der Waals surface area contributed by atoms with E-state index in [9.17, 15) is 4.79 Å². The van der Waals surface area contributed by atoms with Crippen molar-refractivity contribution in [2.75, 3.05) is 12.8 Å². The third kappa shape index (κ3) is 4.00. The molecule has 0 fully saturated rings. The normalized spacial score (nSPS) is 11.1. The van der Waals surface area contributed by atoms with Crippen molar-refractivity contribution in [3.8, 4) is 5.75 Å². The predicted octanol–water partition coefficient (Wildman–Crippen LogP) is 3.51. The Morgan fingerprint density at radius 1 is 1.40 bits per heavy atom. The van der Waals surface area contributed by atoms with Gasteiger partial charge in [-0.2, -0.15) is 0 Å². The lowest BCUT2D eigenvalue weighted by Crippen LogP contribution is -2.19. The molecule has 3 N–H and O–H groups in total. The lowest BCUT2D eigenvalue weighted by atomic mass is 10.2. The quantitative estimate of drug-likeness (QED) is 0.638. The number of nitrogens with one attached hydrogen (secondary N) is 1. The van der Waals surface area contributed by atoms with E-state index in [0.717, 1.165) is 15.4 Å². The second-order valence-corrected chi connectivity index (χ2v) is 6.13. The molecule has 0 spiro atoms. The standard InChI is InChI=1S/C18H16BrN3O3/c1-24-15-5-4-14(19)13-8-12(25-18(13)15)10-22-17(23)7-3-11-2-6-16(20)21-9-11/h2-9H,10H2,1H3,(H2,20,21)(H,22,23). The molecule has 2 aromatic heterocycles. The molecule has 1 amide bonds. The fraction of sp³-hybridized carbons (Fsp3) is 0.111. The maximum atomic E-state index is 11.9. The van der Waals surface area contributed by atoms with Crippen LogP contribution < -0.4 is 15.8 Å². The minimum absolute atomic E-state index is 0.233. The first kappa shape index (κ1) is 17.0. The first-order chi connectivity index (χ1) is 12.1. The average Bonchev–Trinajstić information content (AvgIpc) is 3.05. The van der Waals surface area contributed by atoms with Gasteiger partial charge in [-0.3, -0.25) is 4.79 Å². The first-order valence-corrected chi connectivity index (χ1v) is 8.28. The van der Waals surface area contributed by atoms with Gasteiger partial charge in [0.05, 0.1) is 13.7 Å². The summed E-state index contributed by atoms with van der Waals surface area (Å²) in [5, 5.41) is 3.67. The summed E-state index contributed by atoms with van der Waals surface area (Å²) in [6, 6.07) is 9.05. The number of aromatic nitrogens is 1. The van der Waals surface area contributed by atoms with E-state index in [1.807, 2.05) is 18.2 Å². The molecule has 0 aliphatic carbocycles. The molecule has 1 aromatic carbocycles. The number of nitrogen functional groups attached to an aromatic ring is 1. The van der Waals surface area contributed by atoms with Crippen LogP contribution in [0.4, 0.5) is 5.82 Å². The van der Waals surface area contributed by atoms with Crippen LogP contribution in [0.25, 0.3) is 17.0 Å². The summed E-state index contributed by atoms with van der Waals surface area (Å²) in [5.74, 6) is 1.49. The van der Waals surface area contributed by atoms with E-state index < -0.39 is 0 Å². The number of carbonyl (C=O) groups is 1. The van der Waals surface area contributed by atoms with E-state index in [2.05, 4.69) is 26.2 Å². The van der Waals surface area contributed by atoms with E-state index in [4.69, 9.17) is 14.9 Å². The number of furan rings is 1. The van der Waals surface area contributed by atoms with E-state index in [0.29, 0.717) is 22.9 Å². The lowest BCUT2D eigenvalue weighted by Gasteiger charge is -2.01. The van der Waals surface area contributed by atoms with Gasteiger partial charge in [-0.1, -0.05) is 15.9 Å². The molecule has 2 heterocycles. The molecular formula is C18H16BrN3O3. The molecule has 7 heteroatoms. The molecule has 0 atom stereocenters. The summed E-state index contributed by atoms with van der Waals surface area (Å²) in [6.07, 6.45) is 4.70. The highest BCUT2D eigenvalue weighted by molar-refractivity contribution is 9.10. The van der Waals surface area contributed by atoms with Crippen molar-refractivity contribution in [2.45, 2.75) is 6.54 Å². The third-order valence-corrected chi connectivity index (χ3v) is 4.23. The molecule has 0 saturated heterocycles. The second kappa shape index (κ2) is 7.40.